The van der Waals surface area contributed by atoms with Crippen molar-refractivity contribution in [2.45, 2.75) is 6.92 Å². The van der Waals surface area contributed by atoms with Crippen molar-refractivity contribution in [3.63, 3.8) is 0 Å². The molecule has 0 heterocycles. The number of aryl methyl sites for hydroxylation is 1. The second-order valence-corrected chi connectivity index (χ2v) is 3.80. The molecule has 0 spiro atoms. The third kappa shape index (κ3) is 2.89. The van der Waals surface area contributed by atoms with Gasteiger partial charge in [0.2, 0.25) is 0 Å². The fourth-order valence-corrected chi connectivity index (χ4v) is 1.62. The fourth-order valence-electron chi connectivity index (χ4n) is 1.62. The number of rotatable bonds is 1. The molecule has 0 unspecified atom stereocenters. The van der Waals surface area contributed by atoms with Crippen LogP contribution in [0.2, 0.25) is 0 Å². The van der Waals surface area contributed by atoms with Gasteiger partial charge in [0.05, 0.1) is 7.11 Å². The van der Waals surface area contributed by atoms with Crippen LogP contribution in [-0.2, 0) is 0 Å². The summed E-state index contributed by atoms with van der Waals surface area (Å²) in [6.45, 7) is 2.02. The van der Waals surface area contributed by atoms with Crippen LogP contribution in [0.15, 0.2) is 48.5 Å². The highest BCUT2D eigenvalue weighted by Crippen LogP contribution is 2.17. The van der Waals surface area contributed by atoms with Crippen LogP contribution in [0.1, 0.15) is 16.7 Å². The van der Waals surface area contributed by atoms with E-state index in [4.69, 9.17) is 4.74 Å². The standard InChI is InChI=1S/C16H14O/c1-13-12-15(10-11-16(13)17-2)9-8-14-6-4-3-5-7-14/h3-7,10-12H,1-2H3. The van der Waals surface area contributed by atoms with Crippen molar-refractivity contribution in [2.75, 3.05) is 7.11 Å². The molecule has 0 saturated carbocycles. The summed E-state index contributed by atoms with van der Waals surface area (Å²) in [7, 11) is 1.68. The molecular weight excluding hydrogens is 208 g/mol. The van der Waals surface area contributed by atoms with E-state index in [2.05, 4.69) is 11.8 Å². The van der Waals surface area contributed by atoms with Gasteiger partial charge in [-0.25, -0.2) is 0 Å². The highest BCUT2D eigenvalue weighted by molar-refractivity contribution is 5.46. The third-order valence-corrected chi connectivity index (χ3v) is 2.52. The average molecular weight is 222 g/mol. The second kappa shape index (κ2) is 5.23. The molecule has 0 amide bonds. The normalized spacial score (nSPS) is 9.29. The van der Waals surface area contributed by atoms with Crippen LogP contribution in [0.5, 0.6) is 5.75 Å². The molecule has 1 heteroatoms. The molecule has 0 saturated heterocycles. The first kappa shape index (κ1) is 11.3. The average Bonchev–Trinajstić information content (AvgIpc) is 2.38. The molecule has 17 heavy (non-hydrogen) atoms. The molecule has 0 aromatic heterocycles. The Morgan fingerprint density at radius 3 is 2.24 bits per heavy atom. The Labute approximate surface area is 102 Å². The molecule has 2 aromatic rings. The van der Waals surface area contributed by atoms with E-state index in [1.54, 1.807) is 7.11 Å². The lowest BCUT2D eigenvalue weighted by molar-refractivity contribution is 0.411. The zero-order chi connectivity index (χ0) is 12.1. The van der Waals surface area contributed by atoms with Crippen LogP contribution >= 0.6 is 0 Å². The molecule has 0 N–H and O–H groups in total. The van der Waals surface area contributed by atoms with Crippen molar-refractivity contribution in [2.24, 2.45) is 0 Å². The van der Waals surface area contributed by atoms with Crippen molar-refractivity contribution in [3.8, 4) is 17.6 Å². The summed E-state index contributed by atoms with van der Waals surface area (Å²) in [5, 5.41) is 0. The van der Waals surface area contributed by atoms with Gasteiger partial charge in [0, 0.05) is 11.1 Å². The second-order valence-electron chi connectivity index (χ2n) is 3.80. The predicted molar refractivity (Wildman–Crippen MR) is 70.2 cm³/mol. The van der Waals surface area contributed by atoms with Gasteiger partial charge in [-0.3, -0.25) is 0 Å². The van der Waals surface area contributed by atoms with E-state index in [0.717, 1.165) is 22.4 Å². The molecular formula is C16H14O. The zero-order valence-electron chi connectivity index (χ0n) is 10.0. The van der Waals surface area contributed by atoms with Gasteiger partial charge >= 0.3 is 0 Å². The first-order valence-corrected chi connectivity index (χ1v) is 5.51. The Morgan fingerprint density at radius 1 is 0.882 bits per heavy atom. The molecule has 0 aliphatic rings. The Kier molecular flexibility index (Phi) is 3.47. The van der Waals surface area contributed by atoms with E-state index in [1.807, 2.05) is 55.5 Å². The van der Waals surface area contributed by atoms with Gasteiger partial charge in [-0.05, 0) is 42.8 Å². The summed E-state index contributed by atoms with van der Waals surface area (Å²) in [5.74, 6) is 7.18. The largest absolute Gasteiger partial charge is 0.496 e. The van der Waals surface area contributed by atoms with Crippen LogP contribution in [0.3, 0.4) is 0 Å². The quantitative estimate of drug-likeness (QED) is 0.672. The van der Waals surface area contributed by atoms with Crippen LogP contribution in [0, 0.1) is 18.8 Å². The summed E-state index contributed by atoms with van der Waals surface area (Å²) in [6.07, 6.45) is 0. The molecule has 1 nitrogen and oxygen atoms in total. The minimum Gasteiger partial charge on any atom is -0.496 e. The maximum Gasteiger partial charge on any atom is 0.121 e. The van der Waals surface area contributed by atoms with Crippen LogP contribution < -0.4 is 4.74 Å². The lowest BCUT2D eigenvalue weighted by Crippen LogP contribution is -1.87. The van der Waals surface area contributed by atoms with Gasteiger partial charge in [-0.15, -0.1) is 0 Å². The Hall–Kier alpha value is -2.20. The molecule has 0 bridgehead atoms. The zero-order valence-corrected chi connectivity index (χ0v) is 10.0. The monoisotopic (exact) mass is 222 g/mol. The number of hydrogen-bond acceptors (Lipinski definition) is 1. The minimum atomic E-state index is 0.898. The highest BCUT2D eigenvalue weighted by atomic mass is 16.5. The topological polar surface area (TPSA) is 9.23 Å². The number of benzene rings is 2. The van der Waals surface area contributed by atoms with Gasteiger partial charge in [-0.2, -0.15) is 0 Å². The van der Waals surface area contributed by atoms with Crippen molar-refractivity contribution in [1.82, 2.24) is 0 Å². The summed E-state index contributed by atoms with van der Waals surface area (Å²) in [6, 6.07) is 15.9. The van der Waals surface area contributed by atoms with E-state index in [9.17, 15) is 0 Å². The van der Waals surface area contributed by atoms with Gasteiger partial charge in [0.15, 0.2) is 0 Å². The van der Waals surface area contributed by atoms with Crippen molar-refractivity contribution in [3.05, 3.63) is 65.2 Å². The van der Waals surface area contributed by atoms with Crippen molar-refractivity contribution >= 4 is 0 Å². The SMILES string of the molecule is COc1ccc(C#Cc2ccccc2)cc1C. The maximum absolute atomic E-state index is 5.21. The van der Waals surface area contributed by atoms with Gasteiger partial charge in [0.1, 0.15) is 5.75 Å². The lowest BCUT2D eigenvalue weighted by Gasteiger charge is -2.03. The predicted octanol–water partition coefficient (Wildman–Crippen LogP) is 3.40. The molecule has 0 fully saturated rings. The molecule has 2 aromatic carbocycles. The molecule has 2 rings (SSSR count). The van der Waals surface area contributed by atoms with E-state index in [-0.39, 0.29) is 0 Å². The summed E-state index contributed by atoms with van der Waals surface area (Å²) in [4.78, 5) is 0. The smallest absolute Gasteiger partial charge is 0.121 e. The van der Waals surface area contributed by atoms with Crippen molar-refractivity contribution < 1.29 is 4.74 Å². The Morgan fingerprint density at radius 2 is 1.59 bits per heavy atom. The van der Waals surface area contributed by atoms with E-state index in [1.165, 1.54) is 0 Å². The summed E-state index contributed by atoms with van der Waals surface area (Å²) in [5.41, 5.74) is 3.14. The molecule has 0 aliphatic heterocycles. The Balaban J connectivity index is 2.26. The van der Waals surface area contributed by atoms with Gasteiger partial charge < -0.3 is 4.74 Å². The molecule has 0 aliphatic carbocycles. The maximum atomic E-state index is 5.21. The van der Waals surface area contributed by atoms with E-state index >= 15 is 0 Å². The number of methoxy groups -OCH3 is 1. The number of ether oxygens (including phenoxy) is 1. The van der Waals surface area contributed by atoms with Crippen molar-refractivity contribution in [1.29, 1.82) is 0 Å². The van der Waals surface area contributed by atoms with Gasteiger partial charge in [-0.1, -0.05) is 30.0 Å². The summed E-state index contributed by atoms with van der Waals surface area (Å²) >= 11 is 0. The lowest BCUT2D eigenvalue weighted by atomic mass is 10.1. The first-order valence-electron chi connectivity index (χ1n) is 5.51. The summed E-state index contributed by atoms with van der Waals surface area (Å²) < 4.78 is 5.21. The molecule has 0 atom stereocenters. The number of hydrogen-bond donors (Lipinski definition) is 0. The minimum absolute atomic E-state index is 0.898. The van der Waals surface area contributed by atoms with Gasteiger partial charge in [0.25, 0.3) is 0 Å². The van der Waals surface area contributed by atoms with E-state index in [0.29, 0.717) is 0 Å². The third-order valence-electron chi connectivity index (χ3n) is 2.52. The first-order chi connectivity index (χ1) is 8.29. The molecule has 84 valence electrons. The highest BCUT2D eigenvalue weighted by Gasteiger charge is 1.97. The van der Waals surface area contributed by atoms with Crippen LogP contribution in [0.25, 0.3) is 0 Å². The molecule has 0 radical (unpaired) electrons. The fraction of sp³-hybridized carbons (Fsp3) is 0.125. The van der Waals surface area contributed by atoms with Crippen LogP contribution in [-0.4, -0.2) is 7.11 Å². The van der Waals surface area contributed by atoms with E-state index < -0.39 is 0 Å². The Bertz CT molecular complexity index is 559. The van der Waals surface area contributed by atoms with Crippen LogP contribution in [0.4, 0.5) is 0 Å².